The van der Waals surface area contributed by atoms with E-state index in [1.54, 1.807) is 0 Å². The van der Waals surface area contributed by atoms with Gasteiger partial charge in [0.1, 0.15) is 17.1 Å². The molecule has 4 rings (SSSR count). The number of nitrogens with one attached hydrogen (secondary N) is 1. The van der Waals surface area contributed by atoms with Crippen molar-refractivity contribution in [1.82, 2.24) is 9.55 Å². The van der Waals surface area contributed by atoms with Crippen LogP contribution in [0.25, 0.3) is 20.7 Å². The van der Waals surface area contributed by atoms with Gasteiger partial charge in [-0.15, -0.1) is 35.8 Å². The van der Waals surface area contributed by atoms with Crippen molar-refractivity contribution >= 4 is 44.5 Å². The van der Waals surface area contributed by atoms with Gasteiger partial charge in [-0.05, 0) is 35.7 Å². The van der Waals surface area contributed by atoms with Crippen molar-refractivity contribution in [2.75, 3.05) is 5.32 Å². The minimum absolute atomic E-state index is 0.270. The van der Waals surface area contributed by atoms with Crippen molar-refractivity contribution in [3.05, 3.63) is 63.8 Å². The largest absolute Gasteiger partial charge is 0.573 e. The predicted molar refractivity (Wildman–Crippen MR) is 109 cm³/mol. The van der Waals surface area contributed by atoms with Crippen LogP contribution in [0.5, 0.6) is 5.75 Å². The summed E-state index contributed by atoms with van der Waals surface area (Å²) in [4.78, 5) is 31.0. The van der Waals surface area contributed by atoms with Gasteiger partial charge in [0.2, 0.25) is 5.91 Å². The minimum Gasteiger partial charge on any atom is -0.406 e. The first-order valence-corrected chi connectivity index (χ1v) is 10.2. The number of ether oxygens (including phenoxy) is 1. The fourth-order valence-corrected chi connectivity index (χ4v) is 4.51. The lowest BCUT2D eigenvalue weighted by molar-refractivity contribution is -0.274. The molecule has 1 aromatic carbocycles. The highest BCUT2D eigenvalue weighted by atomic mass is 32.1. The number of amides is 1. The second-order valence-corrected chi connectivity index (χ2v) is 7.91. The third-order valence-corrected chi connectivity index (χ3v) is 5.82. The summed E-state index contributed by atoms with van der Waals surface area (Å²) in [5.41, 5.74) is 0.706. The topological polar surface area (TPSA) is 73.2 Å². The second kappa shape index (κ2) is 7.92. The van der Waals surface area contributed by atoms with Crippen molar-refractivity contribution in [1.29, 1.82) is 0 Å². The molecule has 11 heteroatoms. The summed E-state index contributed by atoms with van der Waals surface area (Å²) >= 11 is 2.85. The zero-order valence-corrected chi connectivity index (χ0v) is 16.6. The number of anilines is 1. The number of nitrogens with zero attached hydrogens (tertiary/aromatic N) is 2. The molecular formula is C19H12F3N3O3S2. The minimum atomic E-state index is -4.79. The maximum absolute atomic E-state index is 12.9. The van der Waals surface area contributed by atoms with E-state index >= 15 is 0 Å². The number of halogens is 3. The van der Waals surface area contributed by atoms with Gasteiger partial charge in [0.05, 0.1) is 11.7 Å². The number of rotatable bonds is 5. The zero-order valence-electron chi connectivity index (χ0n) is 15.0. The molecule has 0 saturated carbocycles. The third-order valence-electron chi connectivity index (χ3n) is 4.03. The normalized spacial score (nSPS) is 11.6. The molecule has 0 atom stereocenters. The van der Waals surface area contributed by atoms with Crippen LogP contribution in [-0.2, 0) is 11.3 Å². The Labute approximate surface area is 175 Å². The van der Waals surface area contributed by atoms with Gasteiger partial charge in [0.15, 0.2) is 0 Å². The van der Waals surface area contributed by atoms with Crippen LogP contribution in [0.3, 0.4) is 0 Å². The fourth-order valence-electron chi connectivity index (χ4n) is 2.79. The first-order chi connectivity index (χ1) is 14.3. The molecule has 154 valence electrons. The van der Waals surface area contributed by atoms with Gasteiger partial charge >= 0.3 is 6.36 Å². The van der Waals surface area contributed by atoms with E-state index in [0.717, 1.165) is 22.6 Å². The first-order valence-electron chi connectivity index (χ1n) is 8.46. The highest BCUT2D eigenvalue weighted by Crippen LogP contribution is 2.33. The molecule has 0 spiro atoms. The second-order valence-electron chi connectivity index (χ2n) is 6.10. The van der Waals surface area contributed by atoms with E-state index in [1.807, 2.05) is 22.9 Å². The van der Waals surface area contributed by atoms with Crippen LogP contribution >= 0.6 is 22.7 Å². The van der Waals surface area contributed by atoms with Gasteiger partial charge in [-0.25, -0.2) is 4.98 Å². The van der Waals surface area contributed by atoms with E-state index in [0.29, 0.717) is 10.2 Å². The smallest absolute Gasteiger partial charge is 0.406 e. The lowest BCUT2D eigenvalue weighted by Crippen LogP contribution is -2.27. The van der Waals surface area contributed by atoms with Crippen LogP contribution in [0.2, 0.25) is 0 Å². The van der Waals surface area contributed by atoms with E-state index < -0.39 is 18.0 Å². The molecule has 0 radical (unpaired) electrons. The van der Waals surface area contributed by atoms with Gasteiger partial charge in [0, 0.05) is 21.5 Å². The number of alkyl halides is 3. The summed E-state index contributed by atoms with van der Waals surface area (Å²) in [7, 11) is 0. The Morgan fingerprint density at radius 2 is 1.93 bits per heavy atom. The van der Waals surface area contributed by atoms with Crippen LogP contribution in [-0.4, -0.2) is 21.8 Å². The van der Waals surface area contributed by atoms with E-state index in [-0.39, 0.29) is 17.8 Å². The van der Waals surface area contributed by atoms with Gasteiger partial charge < -0.3 is 10.1 Å². The van der Waals surface area contributed by atoms with Crippen molar-refractivity contribution in [2.45, 2.75) is 12.9 Å². The van der Waals surface area contributed by atoms with Gasteiger partial charge in [-0.3, -0.25) is 14.2 Å². The molecule has 6 nitrogen and oxygen atoms in total. The van der Waals surface area contributed by atoms with Crippen LogP contribution in [0.4, 0.5) is 18.9 Å². The number of aromatic nitrogens is 2. The van der Waals surface area contributed by atoms with E-state index in [4.69, 9.17) is 0 Å². The third kappa shape index (κ3) is 4.36. The summed E-state index contributed by atoms with van der Waals surface area (Å²) in [6.07, 6.45) is -3.49. The molecule has 1 N–H and O–H groups in total. The predicted octanol–water partition coefficient (Wildman–Crippen LogP) is 4.72. The highest BCUT2D eigenvalue weighted by molar-refractivity contribution is 7.18. The Bertz CT molecular complexity index is 1250. The average Bonchev–Trinajstić information content (AvgIpc) is 3.34. The Kier molecular flexibility index (Phi) is 5.31. The Balaban J connectivity index is 1.51. The Morgan fingerprint density at radius 1 is 1.17 bits per heavy atom. The zero-order chi connectivity index (χ0) is 21.3. The van der Waals surface area contributed by atoms with E-state index in [9.17, 15) is 22.8 Å². The van der Waals surface area contributed by atoms with Gasteiger partial charge in [-0.2, -0.15) is 0 Å². The van der Waals surface area contributed by atoms with E-state index in [2.05, 4.69) is 15.0 Å². The first kappa shape index (κ1) is 20.1. The summed E-state index contributed by atoms with van der Waals surface area (Å²) in [6.45, 7) is -0.289. The SMILES string of the molecule is O=C(Cn1cnc2scc(-c3cccs3)c2c1=O)Nc1ccc(OC(F)(F)F)cc1. The van der Waals surface area contributed by atoms with Crippen LogP contribution in [0.15, 0.2) is 58.3 Å². The maximum Gasteiger partial charge on any atom is 0.573 e. The highest BCUT2D eigenvalue weighted by Gasteiger charge is 2.31. The molecule has 4 aromatic rings. The van der Waals surface area contributed by atoms with Gasteiger partial charge in [-0.1, -0.05) is 6.07 Å². The number of benzene rings is 1. The molecule has 1 amide bonds. The number of thiophene rings is 2. The summed E-state index contributed by atoms with van der Waals surface area (Å²) in [5.74, 6) is -0.916. The molecule has 3 heterocycles. The molecule has 3 aromatic heterocycles. The fraction of sp³-hybridized carbons (Fsp3) is 0.105. The lowest BCUT2D eigenvalue weighted by atomic mass is 10.2. The van der Waals surface area contributed by atoms with Crippen molar-refractivity contribution in [3.8, 4) is 16.2 Å². The van der Waals surface area contributed by atoms with Crippen LogP contribution in [0.1, 0.15) is 0 Å². The molecule has 0 unspecified atom stereocenters. The number of carbonyl (C=O) groups excluding carboxylic acids is 1. The summed E-state index contributed by atoms with van der Waals surface area (Å²) < 4.78 is 41.6. The number of hydrogen-bond acceptors (Lipinski definition) is 6. The summed E-state index contributed by atoms with van der Waals surface area (Å²) in [5, 5.41) is 6.75. The molecule has 30 heavy (non-hydrogen) atoms. The molecule has 0 saturated heterocycles. The molecule has 0 fully saturated rings. The van der Waals surface area contributed by atoms with Crippen LogP contribution in [0, 0.1) is 0 Å². The standard InChI is InChI=1S/C19H12F3N3O3S2/c20-19(21,22)28-12-5-3-11(4-6-12)24-15(26)8-25-10-23-17-16(18(25)27)13(9-30-17)14-2-1-7-29-14/h1-7,9-10H,8H2,(H,24,26). The number of hydrogen-bond donors (Lipinski definition) is 1. The van der Waals surface area contributed by atoms with E-state index in [1.165, 1.54) is 45.7 Å². The number of carbonyl (C=O) groups is 1. The molecule has 0 aliphatic rings. The van der Waals surface area contributed by atoms with Crippen molar-refractivity contribution in [2.24, 2.45) is 0 Å². The number of fused-ring (bicyclic) bond motifs is 1. The van der Waals surface area contributed by atoms with Gasteiger partial charge in [0.25, 0.3) is 5.56 Å². The molecule has 0 aliphatic heterocycles. The monoisotopic (exact) mass is 451 g/mol. The molecule has 0 aliphatic carbocycles. The Hall–Kier alpha value is -3.18. The van der Waals surface area contributed by atoms with Crippen molar-refractivity contribution in [3.63, 3.8) is 0 Å². The molecule has 0 bridgehead atoms. The lowest BCUT2D eigenvalue weighted by Gasteiger charge is -2.10. The van der Waals surface area contributed by atoms with Crippen molar-refractivity contribution < 1.29 is 22.7 Å². The van der Waals surface area contributed by atoms with Crippen LogP contribution < -0.4 is 15.6 Å². The maximum atomic E-state index is 12.9. The Morgan fingerprint density at radius 3 is 2.60 bits per heavy atom. The average molecular weight is 451 g/mol. The molecular weight excluding hydrogens is 439 g/mol. The summed E-state index contributed by atoms with van der Waals surface area (Å²) in [6, 6.07) is 8.51. The quantitative estimate of drug-likeness (QED) is 0.476.